The molecular weight excluding hydrogens is 208 g/mol. The minimum atomic E-state index is 0.441. The van der Waals surface area contributed by atoms with Gasteiger partial charge in [-0.3, -0.25) is 0 Å². The average Bonchev–Trinajstić information content (AvgIpc) is 2.98. The minimum Gasteiger partial charge on any atom is -0.330 e. The largest absolute Gasteiger partial charge is 0.330 e. The second-order valence-electron chi connectivity index (χ2n) is 5.76. The van der Waals surface area contributed by atoms with Crippen molar-refractivity contribution in [1.82, 2.24) is 5.32 Å². The first-order valence-electron chi connectivity index (χ1n) is 6.83. The van der Waals surface area contributed by atoms with Gasteiger partial charge in [0, 0.05) is 13.1 Å². The summed E-state index contributed by atoms with van der Waals surface area (Å²) in [6.45, 7) is 2.92. The predicted octanol–water partition coefficient (Wildman–Crippen LogP) is 2.00. The van der Waals surface area contributed by atoms with Crippen LogP contribution in [0.4, 0.5) is 0 Å². The van der Waals surface area contributed by atoms with E-state index in [2.05, 4.69) is 23.5 Å². The zero-order chi connectivity index (χ0) is 11.7. The lowest BCUT2D eigenvalue weighted by Gasteiger charge is -2.13. The van der Waals surface area contributed by atoms with Gasteiger partial charge in [-0.1, -0.05) is 18.2 Å². The van der Waals surface area contributed by atoms with E-state index in [1.807, 2.05) is 0 Å². The number of benzene rings is 1. The van der Waals surface area contributed by atoms with E-state index in [0.717, 1.165) is 19.6 Å². The second kappa shape index (κ2) is 4.43. The Balaban J connectivity index is 1.55. The Hall–Kier alpha value is -0.860. The van der Waals surface area contributed by atoms with Gasteiger partial charge in [-0.15, -0.1) is 0 Å². The van der Waals surface area contributed by atoms with Crippen LogP contribution in [0.15, 0.2) is 18.2 Å². The Morgan fingerprint density at radius 1 is 1.18 bits per heavy atom. The molecule has 0 unspecified atom stereocenters. The number of aryl methyl sites for hydroxylation is 2. The summed E-state index contributed by atoms with van der Waals surface area (Å²) < 4.78 is 0. The van der Waals surface area contributed by atoms with E-state index in [4.69, 9.17) is 5.73 Å². The van der Waals surface area contributed by atoms with E-state index >= 15 is 0 Å². The molecule has 1 aromatic rings. The first kappa shape index (κ1) is 11.2. The van der Waals surface area contributed by atoms with Crippen LogP contribution in [0.25, 0.3) is 0 Å². The van der Waals surface area contributed by atoms with Gasteiger partial charge in [0.2, 0.25) is 0 Å². The summed E-state index contributed by atoms with van der Waals surface area (Å²) in [6.07, 6.45) is 6.50. The number of nitrogens with two attached hydrogens (primary N) is 1. The summed E-state index contributed by atoms with van der Waals surface area (Å²) in [4.78, 5) is 0. The highest BCUT2D eigenvalue weighted by atomic mass is 14.9. The third-order valence-electron chi connectivity index (χ3n) is 4.38. The first-order chi connectivity index (χ1) is 8.31. The van der Waals surface area contributed by atoms with E-state index in [-0.39, 0.29) is 0 Å². The van der Waals surface area contributed by atoms with Gasteiger partial charge < -0.3 is 11.1 Å². The molecule has 0 amide bonds. The summed E-state index contributed by atoms with van der Waals surface area (Å²) in [6, 6.07) is 6.98. The molecule has 0 bridgehead atoms. The fourth-order valence-electron chi connectivity index (χ4n) is 2.84. The smallest absolute Gasteiger partial charge is 0.0205 e. The van der Waals surface area contributed by atoms with Crippen molar-refractivity contribution >= 4 is 0 Å². The SMILES string of the molecule is NCC1(CNCc2ccc3c(c2)CCC3)CC1. The molecule has 3 rings (SSSR count). The molecule has 0 atom stereocenters. The van der Waals surface area contributed by atoms with E-state index in [1.54, 1.807) is 11.1 Å². The Morgan fingerprint density at radius 2 is 2.00 bits per heavy atom. The maximum atomic E-state index is 5.78. The summed E-state index contributed by atoms with van der Waals surface area (Å²) in [7, 11) is 0. The van der Waals surface area contributed by atoms with E-state index in [0.29, 0.717) is 5.41 Å². The van der Waals surface area contributed by atoms with Crippen LogP contribution in [0.3, 0.4) is 0 Å². The molecule has 0 radical (unpaired) electrons. The molecule has 0 aliphatic heterocycles. The maximum Gasteiger partial charge on any atom is 0.0205 e. The van der Waals surface area contributed by atoms with Crippen LogP contribution >= 0.6 is 0 Å². The van der Waals surface area contributed by atoms with Crippen molar-refractivity contribution in [2.45, 2.75) is 38.6 Å². The second-order valence-corrected chi connectivity index (χ2v) is 5.76. The molecule has 2 aliphatic carbocycles. The third kappa shape index (κ3) is 2.38. The van der Waals surface area contributed by atoms with Crippen LogP contribution in [0, 0.1) is 5.41 Å². The third-order valence-corrected chi connectivity index (χ3v) is 4.38. The van der Waals surface area contributed by atoms with E-state index < -0.39 is 0 Å². The van der Waals surface area contributed by atoms with Crippen LogP contribution in [-0.2, 0) is 19.4 Å². The molecule has 2 aliphatic rings. The molecule has 3 N–H and O–H groups in total. The van der Waals surface area contributed by atoms with E-state index in [1.165, 1.54) is 37.7 Å². The highest BCUT2D eigenvalue weighted by Gasteiger charge is 2.40. The number of nitrogens with one attached hydrogen (secondary N) is 1. The Morgan fingerprint density at radius 3 is 2.76 bits per heavy atom. The predicted molar refractivity (Wildman–Crippen MR) is 70.9 cm³/mol. The fraction of sp³-hybridized carbons (Fsp3) is 0.600. The molecule has 0 aromatic heterocycles. The Bertz CT molecular complexity index is 407. The molecule has 0 spiro atoms. The van der Waals surface area contributed by atoms with Crippen molar-refractivity contribution in [3.8, 4) is 0 Å². The van der Waals surface area contributed by atoms with Gasteiger partial charge in [0.15, 0.2) is 0 Å². The molecule has 92 valence electrons. The summed E-state index contributed by atoms with van der Waals surface area (Å²) in [5, 5.41) is 3.57. The van der Waals surface area contributed by atoms with Crippen LogP contribution in [0.5, 0.6) is 0 Å². The summed E-state index contributed by atoms with van der Waals surface area (Å²) in [5.41, 5.74) is 10.8. The maximum absolute atomic E-state index is 5.78. The molecule has 2 nitrogen and oxygen atoms in total. The van der Waals surface area contributed by atoms with Gasteiger partial charge in [0.1, 0.15) is 0 Å². The number of rotatable bonds is 5. The molecular formula is C15H22N2. The molecule has 0 heterocycles. The molecule has 2 heteroatoms. The highest BCUT2D eigenvalue weighted by Crippen LogP contribution is 2.43. The zero-order valence-corrected chi connectivity index (χ0v) is 10.5. The monoisotopic (exact) mass is 230 g/mol. The van der Waals surface area contributed by atoms with Crippen molar-refractivity contribution in [2.24, 2.45) is 11.1 Å². The van der Waals surface area contributed by atoms with Crippen molar-refractivity contribution in [3.05, 3.63) is 34.9 Å². The van der Waals surface area contributed by atoms with Gasteiger partial charge in [0.05, 0.1) is 0 Å². The van der Waals surface area contributed by atoms with Crippen LogP contribution in [-0.4, -0.2) is 13.1 Å². The molecule has 1 saturated carbocycles. The number of fused-ring (bicyclic) bond motifs is 1. The van der Waals surface area contributed by atoms with Gasteiger partial charge >= 0.3 is 0 Å². The van der Waals surface area contributed by atoms with Crippen molar-refractivity contribution in [3.63, 3.8) is 0 Å². The Kier molecular flexibility index (Phi) is 2.93. The van der Waals surface area contributed by atoms with Crippen molar-refractivity contribution in [1.29, 1.82) is 0 Å². The van der Waals surface area contributed by atoms with Gasteiger partial charge in [-0.05, 0) is 60.8 Å². The van der Waals surface area contributed by atoms with Crippen molar-refractivity contribution in [2.75, 3.05) is 13.1 Å². The van der Waals surface area contributed by atoms with E-state index in [9.17, 15) is 0 Å². The lowest BCUT2D eigenvalue weighted by molar-refractivity contribution is 0.468. The minimum absolute atomic E-state index is 0.441. The number of hydrogen-bond acceptors (Lipinski definition) is 2. The van der Waals surface area contributed by atoms with Gasteiger partial charge in [-0.2, -0.15) is 0 Å². The fourth-order valence-corrected chi connectivity index (χ4v) is 2.84. The summed E-state index contributed by atoms with van der Waals surface area (Å²) in [5.74, 6) is 0. The zero-order valence-electron chi connectivity index (χ0n) is 10.5. The van der Waals surface area contributed by atoms with Crippen LogP contribution in [0.2, 0.25) is 0 Å². The summed E-state index contributed by atoms with van der Waals surface area (Å²) >= 11 is 0. The Labute approximate surface area is 104 Å². The normalized spacial score (nSPS) is 20.3. The first-order valence-corrected chi connectivity index (χ1v) is 6.83. The quantitative estimate of drug-likeness (QED) is 0.812. The molecule has 1 fully saturated rings. The molecule has 1 aromatic carbocycles. The lowest BCUT2D eigenvalue weighted by Crippen LogP contribution is -2.29. The average molecular weight is 230 g/mol. The van der Waals surface area contributed by atoms with Gasteiger partial charge in [-0.25, -0.2) is 0 Å². The van der Waals surface area contributed by atoms with Crippen LogP contribution in [0.1, 0.15) is 36.0 Å². The topological polar surface area (TPSA) is 38.0 Å². The molecule has 0 saturated heterocycles. The standard InChI is InChI=1S/C15H22N2/c16-10-15(6-7-15)11-17-9-12-4-5-13-2-1-3-14(13)8-12/h4-5,8,17H,1-3,6-7,9-11,16H2. The number of hydrogen-bond donors (Lipinski definition) is 2. The molecule has 17 heavy (non-hydrogen) atoms. The van der Waals surface area contributed by atoms with Crippen molar-refractivity contribution < 1.29 is 0 Å². The van der Waals surface area contributed by atoms with Crippen LogP contribution < -0.4 is 11.1 Å². The highest BCUT2D eigenvalue weighted by molar-refractivity contribution is 5.35. The lowest BCUT2D eigenvalue weighted by atomic mass is 10.1. The van der Waals surface area contributed by atoms with Gasteiger partial charge in [0.25, 0.3) is 0 Å².